The summed E-state index contributed by atoms with van der Waals surface area (Å²) in [5, 5.41) is 3.44. The Hall–Kier alpha value is -1.27. The SMILES string of the molecule is CC1CCCCC1Nc1cccc(S(=O)(=O)N(C)C)c1N. The van der Waals surface area contributed by atoms with E-state index in [1.807, 2.05) is 6.07 Å². The Kier molecular flexibility index (Phi) is 4.78. The summed E-state index contributed by atoms with van der Waals surface area (Å²) in [6.07, 6.45) is 4.78. The predicted molar refractivity (Wildman–Crippen MR) is 86.8 cm³/mol. The maximum atomic E-state index is 12.3. The van der Waals surface area contributed by atoms with Crippen LogP contribution in [0.15, 0.2) is 23.1 Å². The van der Waals surface area contributed by atoms with Gasteiger partial charge in [0.25, 0.3) is 0 Å². The van der Waals surface area contributed by atoms with Crippen molar-refractivity contribution in [2.45, 2.75) is 43.5 Å². The monoisotopic (exact) mass is 311 g/mol. The van der Waals surface area contributed by atoms with Gasteiger partial charge in [-0.2, -0.15) is 0 Å². The average molecular weight is 311 g/mol. The van der Waals surface area contributed by atoms with E-state index in [4.69, 9.17) is 5.73 Å². The summed E-state index contributed by atoms with van der Waals surface area (Å²) in [6, 6.07) is 5.51. The third-order valence-corrected chi connectivity index (χ3v) is 6.15. The number of benzene rings is 1. The molecule has 21 heavy (non-hydrogen) atoms. The third-order valence-electron chi connectivity index (χ3n) is 4.28. The van der Waals surface area contributed by atoms with E-state index in [1.54, 1.807) is 12.1 Å². The second kappa shape index (κ2) is 6.23. The van der Waals surface area contributed by atoms with Crippen LogP contribution in [0.2, 0.25) is 0 Å². The molecule has 6 heteroatoms. The van der Waals surface area contributed by atoms with Crippen LogP contribution < -0.4 is 11.1 Å². The van der Waals surface area contributed by atoms with Crippen molar-refractivity contribution >= 4 is 21.4 Å². The second-order valence-corrected chi connectivity index (χ2v) is 8.14. The van der Waals surface area contributed by atoms with Gasteiger partial charge in [0.05, 0.1) is 11.4 Å². The summed E-state index contributed by atoms with van der Waals surface area (Å²) in [5.41, 5.74) is 7.13. The number of nitrogen functional groups attached to an aromatic ring is 1. The van der Waals surface area contributed by atoms with Gasteiger partial charge in [0.1, 0.15) is 4.90 Å². The number of para-hydroxylation sites is 1. The summed E-state index contributed by atoms with van der Waals surface area (Å²) in [7, 11) is -0.492. The fourth-order valence-corrected chi connectivity index (χ4v) is 3.85. The number of nitrogens with two attached hydrogens (primary N) is 1. The van der Waals surface area contributed by atoms with Crippen molar-refractivity contribution < 1.29 is 8.42 Å². The molecule has 1 aliphatic carbocycles. The number of anilines is 2. The largest absolute Gasteiger partial charge is 0.396 e. The van der Waals surface area contributed by atoms with Crippen LogP contribution in [0.1, 0.15) is 32.6 Å². The van der Waals surface area contributed by atoms with E-state index in [1.165, 1.54) is 37.7 Å². The molecular formula is C15H25N3O2S. The fourth-order valence-electron chi connectivity index (χ4n) is 2.82. The minimum absolute atomic E-state index is 0.168. The van der Waals surface area contributed by atoms with Gasteiger partial charge in [0, 0.05) is 20.1 Å². The lowest BCUT2D eigenvalue weighted by atomic mass is 9.86. The molecule has 118 valence electrons. The molecule has 1 aliphatic rings. The van der Waals surface area contributed by atoms with Crippen LogP contribution in [-0.4, -0.2) is 32.9 Å². The smallest absolute Gasteiger partial charge is 0.244 e. The van der Waals surface area contributed by atoms with Crippen molar-refractivity contribution in [3.8, 4) is 0 Å². The fraction of sp³-hybridized carbons (Fsp3) is 0.600. The Labute approximate surface area is 127 Å². The van der Waals surface area contributed by atoms with Gasteiger partial charge in [-0.3, -0.25) is 0 Å². The molecular weight excluding hydrogens is 286 g/mol. The van der Waals surface area contributed by atoms with Crippen molar-refractivity contribution in [1.29, 1.82) is 0 Å². The standard InChI is InChI=1S/C15H25N3O2S/c1-11-7-4-5-8-12(11)17-13-9-6-10-14(15(13)16)21(19,20)18(2)3/h6,9-12,17H,4-5,7-8,16H2,1-3H3. The molecule has 2 atom stereocenters. The van der Waals surface area contributed by atoms with Gasteiger partial charge < -0.3 is 11.1 Å². The quantitative estimate of drug-likeness (QED) is 0.838. The van der Waals surface area contributed by atoms with Crippen LogP contribution in [0.25, 0.3) is 0 Å². The van der Waals surface area contributed by atoms with E-state index >= 15 is 0 Å². The minimum Gasteiger partial charge on any atom is -0.396 e. The minimum atomic E-state index is -3.52. The summed E-state index contributed by atoms with van der Waals surface area (Å²) in [4.78, 5) is 0.168. The molecule has 1 fully saturated rings. The molecule has 0 radical (unpaired) electrons. The van der Waals surface area contributed by atoms with Crippen molar-refractivity contribution in [3.05, 3.63) is 18.2 Å². The lowest BCUT2D eigenvalue weighted by Gasteiger charge is -2.31. The highest BCUT2D eigenvalue weighted by molar-refractivity contribution is 7.89. The summed E-state index contributed by atoms with van der Waals surface area (Å²) < 4.78 is 25.7. The molecule has 0 spiro atoms. The number of rotatable bonds is 4. The molecule has 5 nitrogen and oxygen atoms in total. The first-order chi connectivity index (χ1) is 9.84. The molecule has 2 unspecified atom stereocenters. The predicted octanol–water partition coefficient (Wildman–Crippen LogP) is 2.51. The lowest BCUT2D eigenvalue weighted by molar-refractivity contribution is 0.349. The number of nitrogens with zero attached hydrogens (tertiary/aromatic N) is 1. The molecule has 0 bridgehead atoms. The van der Waals surface area contributed by atoms with Gasteiger partial charge in [-0.05, 0) is 30.9 Å². The molecule has 0 heterocycles. The van der Waals surface area contributed by atoms with Gasteiger partial charge in [0.2, 0.25) is 10.0 Å². The van der Waals surface area contributed by atoms with E-state index in [2.05, 4.69) is 12.2 Å². The van der Waals surface area contributed by atoms with Crippen LogP contribution in [0.5, 0.6) is 0 Å². The van der Waals surface area contributed by atoms with E-state index in [9.17, 15) is 8.42 Å². The van der Waals surface area contributed by atoms with Crippen molar-refractivity contribution in [3.63, 3.8) is 0 Å². The van der Waals surface area contributed by atoms with Crippen molar-refractivity contribution in [2.24, 2.45) is 5.92 Å². The zero-order chi connectivity index (χ0) is 15.6. The normalized spacial score (nSPS) is 23.2. The van der Waals surface area contributed by atoms with E-state index in [0.717, 1.165) is 12.1 Å². The molecule has 2 rings (SSSR count). The van der Waals surface area contributed by atoms with Gasteiger partial charge >= 0.3 is 0 Å². The van der Waals surface area contributed by atoms with Gasteiger partial charge in [-0.15, -0.1) is 0 Å². The van der Waals surface area contributed by atoms with Crippen molar-refractivity contribution in [1.82, 2.24) is 4.31 Å². The highest BCUT2D eigenvalue weighted by Gasteiger charge is 2.25. The maximum Gasteiger partial charge on any atom is 0.244 e. The highest BCUT2D eigenvalue weighted by atomic mass is 32.2. The number of hydrogen-bond acceptors (Lipinski definition) is 4. The molecule has 0 saturated heterocycles. The Morgan fingerprint density at radius 2 is 1.90 bits per heavy atom. The Balaban J connectivity index is 2.30. The van der Waals surface area contributed by atoms with Gasteiger partial charge in [-0.25, -0.2) is 12.7 Å². The number of hydrogen-bond donors (Lipinski definition) is 2. The summed E-state index contributed by atoms with van der Waals surface area (Å²) in [6.45, 7) is 2.23. The van der Waals surface area contributed by atoms with Crippen LogP contribution in [0.4, 0.5) is 11.4 Å². The average Bonchev–Trinajstić information content (AvgIpc) is 2.43. The third kappa shape index (κ3) is 3.32. The second-order valence-electron chi connectivity index (χ2n) is 6.02. The van der Waals surface area contributed by atoms with Crippen LogP contribution >= 0.6 is 0 Å². The first kappa shape index (κ1) is 16.1. The maximum absolute atomic E-state index is 12.3. The molecule has 1 saturated carbocycles. The molecule has 0 aromatic heterocycles. The Morgan fingerprint density at radius 3 is 2.52 bits per heavy atom. The Bertz CT molecular complexity index is 599. The molecule has 0 amide bonds. The first-order valence-electron chi connectivity index (χ1n) is 7.41. The first-order valence-corrected chi connectivity index (χ1v) is 8.85. The zero-order valence-corrected chi connectivity index (χ0v) is 13.8. The van der Waals surface area contributed by atoms with Crippen LogP contribution in [0.3, 0.4) is 0 Å². The van der Waals surface area contributed by atoms with Crippen molar-refractivity contribution in [2.75, 3.05) is 25.1 Å². The zero-order valence-electron chi connectivity index (χ0n) is 13.0. The number of sulfonamides is 1. The highest BCUT2D eigenvalue weighted by Crippen LogP contribution is 2.32. The van der Waals surface area contributed by atoms with Crippen LogP contribution in [0, 0.1) is 5.92 Å². The Morgan fingerprint density at radius 1 is 1.24 bits per heavy atom. The molecule has 1 aromatic rings. The number of nitrogens with one attached hydrogen (secondary N) is 1. The molecule has 0 aliphatic heterocycles. The van der Waals surface area contributed by atoms with Gasteiger partial charge in [0.15, 0.2) is 0 Å². The topological polar surface area (TPSA) is 75.4 Å². The summed E-state index contributed by atoms with van der Waals surface area (Å²) >= 11 is 0. The molecule has 3 N–H and O–H groups in total. The van der Waals surface area contributed by atoms with E-state index < -0.39 is 10.0 Å². The summed E-state index contributed by atoms with van der Waals surface area (Å²) in [5.74, 6) is 0.576. The van der Waals surface area contributed by atoms with Gasteiger partial charge in [-0.1, -0.05) is 25.8 Å². The van der Waals surface area contributed by atoms with Crippen LogP contribution in [-0.2, 0) is 10.0 Å². The molecule has 1 aromatic carbocycles. The lowest BCUT2D eigenvalue weighted by Crippen LogP contribution is -2.31. The van der Waals surface area contributed by atoms with E-state index in [0.29, 0.717) is 17.6 Å². The van der Waals surface area contributed by atoms with E-state index in [-0.39, 0.29) is 4.90 Å².